The number of allylic oxidation sites excluding steroid dienone is 1. The van der Waals surface area contributed by atoms with Gasteiger partial charge >= 0.3 is 18.0 Å². The topological polar surface area (TPSA) is 0 Å². The number of halogens is 7. The lowest BCUT2D eigenvalue weighted by Crippen LogP contribution is -2.52. The SMILES string of the molecule is CCCSC/C=C(\C)C(F)(F)C(F)(F)C(F)(F)F. The van der Waals surface area contributed by atoms with E-state index < -0.39 is 23.6 Å². The minimum Gasteiger partial charge on any atom is -0.194 e. The summed E-state index contributed by atoms with van der Waals surface area (Å²) in [6.07, 6.45) is -4.81. The van der Waals surface area contributed by atoms with Crippen LogP contribution in [0, 0.1) is 0 Å². The molecule has 0 amide bonds. The Morgan fingerprint density at radius 1 is 1.06 bits per heavy atom. The second-order valence-electron chi connectivity index (χ2n) is 3.61. The first-order valence-corrected chi connectivity index (χ1v) is 6.21. The van der Waals surface area contributed by atoms with Gasteiger partial charge in [0.2, 0.25) is 0 Å². The first-order chi connectivity index (χ1) is 7.98. The van der Waals surface area contributed by atoms with Crippen LogP contribution in [0.5, 0.6) is 0 Å². The van der Waals surface area contributed by atoms with Crippen molar-refractivity contribution in [2.45, 2.75) is 38.3 Å². The van der Waals surface area contributed by atoms with Gasteiger partial charge in [-0.3, -0.25) is 0 Å². The molecule has 0 spiro atoms. The van der Waals surface area contributed by atoms with Gasteiger partial charge < -0.3 is 0 Å². The van der Waals surface area contributed by atoms with E-state index in [0.717, 1.165) is 6.42 Å². The van der Waals surface area contributed by atoms with Crippen molar-refractivity contribution in [3.63, 3.8) is 0 Å². The summed E-state index contributed by atoms with van der Waals surface area (Å²) in [4.78, 5) is 0. The van der Waals surface area contributed by atoms with E-state index in [1.807, 2.05) is 6.92 Å². The summed E-state index contributed by atoms with van der Waals surface area (Å²) in [5, 5.41) is 0. The molecule has 0 nitrogen and oxygen atoms in total. The normalized spacial score (nSPS) is 15.1. The van der Waals surface area contributed by atoms with Crippen LogP contribution >= 0.6 is 11.8 Å². The molecule has 0 saturated carbocycles. The van der Waals surface area contributed by atoms with Crippen LogP contribution in [0.1, 0.15) is 20.3 Å². The summed E-state index contributed by atoms with van der Waals surface area (Å²) in [6, 6.07) is 0. The number of hydrogen-bond donors (Lipinski definition) is 0. The van der Waals surface area contributed by atoms with E-state index in [-0.39, 0.29) is 5.75 Å². The molecular weight excluding hydrogens is 285 g/mol. The van der Waals surface area contributed by atoms with Crippen molar-refractivity contribution >= 4 is 11.8 Å². The predicted molar refractivity (Wildman–Crippen MR) is 57.3 cm³/mol. The Morgan fingerprint density at radius 3 is 1.94 bits per heavy atom. The molecule has 0 bridgehead atoms. The van der Waals surface area contributed by atoms with Crippen molar-refractivity contribution in [1.82, 2.24) is 0 Å². The maximum atomic E-state index is 13.1. The van der Waals surface area contributed by atoms with Crippen LogP contribution in [-0.2, 0) is 0 Å². The molecule has 0 atom stereocenters. The van der Waals surface area contributed by atoms with Crippen molar-refractivity contribution in [2.24, 2.45) is 0 Å². The van der Waals surface area contributed by atoms with Gasteiger partial charge in [0.15, 0.2) is 0 Å². The largest absolute Gasteiger partial charge is 0.460 e. The summed E-state index contributed by atoms with van der Waals surface area (Å²) in [5.74, 6) is -10.7. The third kappa shape index (κ3) is 3.80. The lowest BCUT2D eigenvalue weighted by atomic mass is 10.0. The average Bonchev–Trinajstić information content (AvgIpc) is 2.22. The van der Waals surface area contributed by atoms with Gasteiger partial charge in [-0.15, -0.1) is 0 Å². The summed E-state index contributed by atoms with van der Waals surface area (Å²) < 4.78 is 86.9. The zero-order chi connectivity index (χ0) is 14.6. The third-order valence-corrected chi connectivity index (χ3v) is 3.20. The Hall–Kier alpha value is -0.400. The molecule has 0 saturated heterocycles. The highest BCUT2D eigenvalue weighted by Gasteiger charge is 2.73. The molecule has 0 aliphatic rings. The third-order valence-electron chi connectivity index (χ3n) is 2.10. The molecular formula is C10H13F7S. The van der Waals surface area contributed by atoms with E-state index >= 15 is 0 Å². The van der Waals surface area contributed by atoms with Gasteiger partial charge in [0.1, 0.15) is 0 Å². The summed E-state index contributed by atoms with van der Waals surface area (Å²) in [5.41, 5.74) is -1.27. The molecule has 0 N–H and O–H groups in total. The highest BCUT2D eigenvalue weighted by Crippen LogP contribution is 2.49. The highest BCUT2D eigenvalue weighted by atomic mass is 32.2. The molecule has 0 aromatic heterocycles. The van der Waals surface area contributed by atoms with Gasteiger partial charge in [0.05, 0.1) is 0 Å². The Bertz CT molecular complexity index is 293. The smallest absolute Gasteiger partial charge is 0.194 e. The van der Waals surface area contributed by atoms with Gasteiger partial charge in [-0.25, -0.2) is 0 Å². The van der Waals surface area contributed by atoms with Gasteiger partial charge in [-0.1, -0.05) is 13.0 Å². The van der Waals surface area contributed by atoms with E-state index in [4.69, 9.17) is 0 Å². The second-order valence-corrected chi connectivity index (χ2v) is 4.76. The number of hydrogen-bond acceptors (Lipinski definition) is 1. The molecule has 8 heteroatoms. The molecule has 0 aromatic carbocycles. The maximum Gasteiger partial charge on any atom is 0.460 e. The van der Waals surface area contributed by atoms with E-state index in [1.54, 1.807) is 0 Å². The minimum atomic E-state index is -6.28. The quantitative estimate of drug-likeness (QED) is 0.381. The fraction of sp³-hybridized carbons (Fsp3) is 0.800. The summed E-state index contributed by atoms with van der Waals surface area (Å²) in [7, 11) is 0. The predicted octanol–water partition coefficient (Wildman–Crippen LogP) is 4.91. The van der Waals surface area contributed by atoms with E-state index in [2.05, 4.69) is 0 Å². The fourth-order valence-corrected chi connectivity index (χ4v) is 1.79. The fourth-order valence-electron chi connectivity index (χ4n) is 0.965. The number of rotatable bonds is 6. The molecule has 0 radical (unpaired) electrons. The van der Waals surface area contributed by atoms with E-state index in [0.29, 0.717) is 18.8 Å². The van der Waals surface area contributed by atoms with Gasteiger partial charge in [0.25, 0.3) is 0 Å². The zero-order valence-electron chi connectivity index (χ0n) is 9.75. The maximum absolute atomic E-state index is 13.1. The Balaban J connectivity index is 4.91. The van der Waals surface area contributed by atoms with Crippen molar-refractivity contribution in [2.75, 3.05) is 11.5 Å². The van der Waals surface area contributed by atoms with E-state index in [1.165, 1.54) is 11.8 Å². The number of thioether (sulfide) groups is 1. The molecule has 108 valence electrons. The molecule has 0 aromatic rings. The molecule has 0 aliphatic carbocycles. The van der Waals surface area contributed by atoms with Crippen molar-refractivity contribution in [1.29, 1.82) is 0 Å². The van der Waals surface area contributed by atoms with Crippen LogP contribution in [0.2, 0.25) is 0 Å². The average molecular weight is 298 g/mol. The standard InChI is InChI=1S/C10H13F7S/c1-3-5-18-6-4-7(2)8(11,12)9(13,14)10(15,16)17/h4H,3,5-6H2,1-2H3/b7-4+. The first-order valence-electron chi connectivity index (χ1n) is 5.05. The lowest BCUT2D eigenvalue weighted by Gasteiger charge is -2.28. The van der Waals surface area contributed by atoms with Crippen molar-refractivity contribution < 1.29 is 30.7 Å². The summed E-state index contributed by atoms with van der Waals surface area (Å²) in [6.45, 7) is 2.40. The van der Waals surface area contributed by atoms with Crippen LogP contribution in [0.4, 0.5) is 30.7 Å². The molecule has 18 heavy (non-hydrogen) atoms. The highest BCUT2D eigenvalue weighted by molar-refractivity contribution is 7.99. The van der Waals surface area contributed by atoms with Crippen LogP contribution in [0.25, 0.3) is 0 Å². The van der Waals surface area contributed by atoms with Gasteiger partial charge in [0, 0.05) is 5.75 Å². The van der Waals surface area contributed by atoms with Crippen LogP contribution in [0.15, 0.2) is 11.6 Å². The molecule has 0 unspecified atom stereocenters. The Labute approximate surface area is 105 Å². The van der Waals surface area contributed by atoms with Crippen LogP contribution in [0.3, 0.4) is 0 Å². The minimum absolute atomic E-state index is 0.0246. The lowest BCUT2D eigenvalue weighted by molar-refractivity contribution is -0.344. The van der Waals surface area contributed by atoms with Crippen molar-refractivity contribution in [3.05, 3.63) is 11.6 Å². The van der Waals surface area contributed by atoms with Gasteiger partial charge in [-0.05, 0) is 24.7 Å². The van der Waals surface area contributed by atoms with Gasteiger partial charge in [-0.2, -0.15) is 42.5 Å². The molecule has 0 rings (SSSR count). The second kappa shape index (κ2) is 6.16. The zero-order valence-corrected chi connectivity index (χ0v) is 10.6. The molecule has 0 fully saturated rings. The Kier molecular flexibility index (Phi) is 6.03. The monoisotopic (exact) mass is 298 g/mol. The first kappa shape index (κ1) is 17.6. The molecule has 0 aliphatic heterocycles. The van der Waals surface area contributed by atoms with Crippen molar-refractivity contribution in [3.8, 4) is 0 Å². The number of alkyl halides is 7. The Morgan fingerprint density at radius 2 is 1.56 bits per heavy atom. The summed E-state index contributed by atoms with van der Waals surface area (Å²) >= 11 is 1.18. The van der Waals surface area contributed by atoms with E-state index in [9.17, 15) is 30.7 Å². The van der Waals surface area contributed by atoms with Crippen LogP contribution in [-0.4, -0.2) is 29.5 Å². The molecule has 0 heterocycles. The van der Waals surface area contributed by atoms with Crippen LogP contribution < -0.4 is 0 Å².